The van der Waals surface area contributed by atoms with E-state index in [1.165, 1.54) is 0 Å². The van der Waals surface area contributed by atoms with Gasteiger partial charge in [-0.3, -0.25) is 4.68 Å². The number of hydrogen-bond acceptors (Lipinski definition) is 2. The molecule has 0 aliphatic rings. The molecule has 0 amide bonds. The Bertz CT molecular complexity index is 252. The maximum atomic E-state index is 3.89. The van der Waals surface area contributed by atoms with E-state index in [-0.39, 0.29) is 0 Å². The Morgan fingerprint density at radius 2 is 2.45 bits per heavy atom. The zero-order valence-electron chi connectivity index (χ0n) is 6.53. The normalized spacial score (nSPS) is 14.1. The van der Waals surface area contributed by atoms with Gasteiger partial charge in [0.1, 0.15) is 5.69 Å². The molecule has 4 heteroatoms. The van der Waals surface area contributed by atoms with Crippen LogP contribution < -0.4 is 0 Å². The van der Waals surface area contributed by atoms with E-state index in [1.807, 2.05) is 32.3 Å². The highest BCUT2D eigenvalue weighted by molar-refractivity contribution is 9.09. The smallest absolute Gasteiger partial charge is 0.105 e. The largest absolute Gasteiger partial charge is 0.255 e. The van der Waals surface area contributed by atoms with Crippen molar-refractivity contribution in [3.05, 3.63) is 18.0 Å². The minimum atomic E-state index is 0.379. The van der Waals surface area contributed by atoms with Gasteiger partial charge in [0.15, 0.2) is 0 Å². The summed E-state index contributed by atoms with van der Waals surface area (Å²) < 4.78 is 1.68. The molecule has 1 rings (SSSR count). The molecule has 1 atom stereocenters. The van der Waals surface area contributed by atoms with Gasteiger partial charge in [0.2, 0.25) is 0 Å². The van der Waals surface area contributed by atoms with Crippen molar-refractivity contribution in [1.82, 2.24) is 15.0 Å². The lowest BCUT2D eigenvalue weighted by Crippen LogP contribution is -1.85. The van der Waals surface area contributed by atoms with Crippen LogP contribution in [0.25, 0.3) is 6.08 Å². The number of alkyl halides is 1. The van der Waals surface area contributed by atoms with Crippen LogP contribution in [0.1, 0.15) is 12.6 Å². The molecule has 0 spiro atoms. The molecule has 1 unspecified atom stereocenters. The highest BCUT2D eigenvalue weighted by Crippen LogP contribution is 2.02. The maximum absolute atomic E-state index is 3.89. The summed E-state index contributed by atoms with van der Waals surface area (Å²) in [6, 6.07) is 0. The summed E-state index contributed by atoms with van der Waals surface area (Å²) in [5, 5.41) is 7.69. The third kappa shape index (κ3) is 2.84. The fourth-order valence-corrected chi connectivity index (χ4v) is 0.825. The molecule has 0 aromatic carbocycles. The van der Waals surface area contributed by atoms with E-state index in [0.717, 1.165) is 5.69 Å². The molecular formula is C7H10BrN3. The van der Waals surface area contributed by atoms with Crippen LogP contribution in [0.3, 0.4) is 0 Å². The number of aryl methyl sites for hydroxylation is 1. The Morgan fingerprint density at radius 3 is 2.91 bits per heavy atom. The first kappa shape index (κ1) is 8.46. The lowest BCUT2D eigenvalue weighted by molar-refractivity contribution is 0.714. The molecule has 0 bridgehead atoms. The van der Waals surface area contributed by atoms with E-state index < -0.39 is 0 Å². The molecular weight excluding hydrogens is 206 g/mol. The summed E-state index contributed by atoms with van der Waals surface area (Å²) >= 11 is 3.40. The van der Waals surface area contributed by atoms with E-state index in [9.17, 15) is 0 Å². The fourth-order valence-electron chi connectivity index (χ4n) is 0.673. The Morgan fingerprint density at radius 1 is 1.73 bits per heavy atom. The van der Waals surface area contributed by atoms with Crippen molar-refractivity contribution in [3.63, 3.8) is 0 Å². The van der Waals surface area contributed by atoms with Crippen LogP contribution >= 0.6 is 15.9 Å². The zero-order chi connectivity index (χ0) is 8.27. The number of aromatic nitrogens is 3. The molecule has 0 saturated carbocycles. The molecule has 3 nitrogen and oxygen atoms in total. The molecule has 0 radical (unpaired) electrons. The van der Waals surface area contributed by atoms with Crippen molar-refractivity contribution in [2.75, 3.05) is 0 Å². The molecule has 1 aromatic heterocycles. The summed E-state index contributed by atoms with van der Waals surface area (Å²) in [6.45, 7) is 2.05. The van der Waals surface area contributed by atoms with Crippen LogP contribution in [0.4, 0.5) is 0 Å². The van der Waals surface area contributed by atoms with E-state index >= 15 is 0 Å². The van der Waals surface area contributed by atoms with Crippen LogP contribution in [0.5, 0.6) is 0 Å². The topological polar surface area (TPSA) is 30.7 Å². The second-order valence-electron chi connectivity index (χ2n) is 2.35. The standard InChI is InChI=1S/C7H10BrN3/c1-6(8)3-4-7-5-11(2)10-9-7/h3-6H,1-2H3/b4-3+. The Balaban J connectivity index is 2.64. The first-order valence-corrected chi connectivity index (χ1v) is 4.28. The Kier molecular flexibility index (Phi) is 2.82. The van der Waals surface area contributed by atoms with Gasteiger partial charge in [-0.05, 0) is 13.0 Å². The third-order valence-corrected chi connectivity index (χ3v) is 1.46. The molecule has 0 aliphatic carbocycles. The van der Waals surface area contributed by atoms with Crippen LogP contribution in [0, 0.1) is 0 Å². The van der Waals surface area contributed by atoms with Gasteiger partial charge in [-0.15, -0.1) is 5.10 Å². The van der Waals surface area contributed by atoms with Crippen LogP contribution in [-0.2, 0) is 7.05 Å². The minimum Gasteiger partial charge on any atom is -0.255 e. The van der Waals surface area contributed by atoms with Gasteiger partial charge in [-0.1, -0.05) is 27.2 Å². The van der Waals surface area contributed by atoms with Crippen molar-refractivity contribution >= 4 is 22.0 Å². The van der Waals surface area contributed by atoms with Crippen molar-refractivity contribution in [2.24, 2.45) is 7.05 Å². The first-order chi connectivity index (χ1) is 5.18. The summed E-state index contributed by atoms with van der Waals surface area (Å²) in [4.78, 5) is 0.379. The van der Waals surface area contributed by atoms with Gasteiger partial charge in [0.25, 0.3) is 0 Å². The molecule has 1 heterocycles. The highest BCUT2D eigenvalue weighted by Gasteiger charge is 1.92. The van der Waals surface area contributed by atoms with E-state index in [0.29, 0.717) is 4.83 Å². The predicted molar refractivity (Wildman–Crippen MR) is 48.4 cm³/mol. The summed E-state index contributed by atoms with van der Waals surface area (Å²) in [5.74, 6) is 0. The first-order valence-electron chi connectivity index (χ1n) is 3.37. The van der Waals surface area contributed by atoms with Crippen molar-refractivity contribution in [1.29, 1.82) is 0 Å². The molecule has 0 fully saturated rings. The number of allylic oxidation sites excluding steroid dienone is 1. The number of hydrogen-bond donors (Lipinski definition) is 0. The Hall–Kier alpha value is -0.640. The van der Waals surface area contributed by atoms with E-state index in [2.05, 4.69) is 26.2 Å². The average molecular weight is 216 g/mol. The second kappa shape index (κ2) is 3.67. The number of halogens is 1. The fraction of sp³-hybridized carbons (Fsp3) is 0.429. The molecule has 0 aliphatic heterocycles. The summed E-state index contributed by atoms with van der Waals surface area (Å²) in [5.41, 5.74) is 0.888. The highest BCUT2D eigenvalue weighted by atomic mass is 79.9. The van der Waals surface area contributed by atoms with Crippen molar-refractivity contribution < 1.29 is 0 Å². The number of rotatable bonds is 2. The zero-order valence-corrected chi connectivity index (χ0v) is 8.12. The molecule has 11 heavy (non-hydrogen) atoms. The molecule has 0 saturated heterocycles. The van der Waals surface area contributed by atoms with Gasteiger partial charge in [0.05, 0.1) is 6.20 Å². The van der Waals surface area contributed by atoms with Gasteiger partial charge in [0, 0.05) is 11.9 Å². The van der Waals surface area contributed by atoms with Crippen LogP contribution in [0.2, 0.25) is 0 Å². The SMILES string of the molecule is CC(Br)/C=C/c1cn(C)nn1. The minimum absolute atomic E-state index is 0.379. The van der Waals surface area contributed by atoms with Gasteiger partial charge in [-0.25, -0.2) is 0 Å². The quantitative estimate of drug-likeness (QED) is 0.703. The monoisotopic (exact) mass is 215 g/mol. The predicted octanol–water partition coefficient (Wildman–Crippen LogP) is 1.61. The third-order valence-electron chi connectivity index (χ3n) is 1.15. The number of nitrogens with zero attached hydrogens (tertiary/aromatic N) is 3. The maximum Gasteiger partial charge on any atom is 0.105 e. The lowest BCUT2D eigenvalue weighted by atomic mass is 10.3. The van der Waals surface area contributed by atoms with Crippen LogP contribution in [0.15, 0.2) is 12.3 Å². The molecule has 1 aromatic rings. The summed E-state index contributed by atoms with van der Waals surface area (Å²) in [6.07, 6.45) is 5.82. The van der Waals surface area contributed by atoms with Crippen LogP contribution in [-0.4, -0.2) is 19.8 Å². The molecule has 60 valence electrons. The molecule has 0 N–H and O–H groups in total. The summed E-state index contributed by atoms with van der Waals surface area (Å²) in [7, 11) is 1.85. The van der Waals surface area contributed by atoms with Crippen molar-refractivity contribution in [2.45, 2.75) is 11.8 Å². The Labute approximate surface area is 74.2 Å². The van der Waals surface area contributed by atoms with E-state index in [4.69, 9.17) is 0 Å². The second-order valence-corrected chi connectivity index (χ2v) is 3.80. The average Bonchev–Trinajstić information content (AvgIpc) is 2.31. The van der Waals surface area contributed by atoms with Gasteiger partial charge < -0.3 is 0 Å². The lowest BCUT2D eigenvalue weighted by Gasteiger charge is -1.87. The van der Waals surface area contributed by atoms with Gasteiger partial charge in [-0.2, -0.15) is 0 Å². The van der Waals surface area contributed by atoms with E-state index in [1.54, 1.807) is 4.68 Å². The van der Waals surface area contributed by atoms with Gasteiger partial charge >= 0.3 is 0 Å². The van der Waals surface area contributed by atoms with Crippen molar-refractivity contribution in [3.8, 4) is 0 Å².